The Labute approximate surface area is 165 Å². The van der Waals surface area contributed by atoms with Gasteiger partial charge in [-0.05, 0) is 42.2 Å². The lowest BCUT2D eigenvalue weighted by Crippen LogP contribution is -2.27. The number of nitrogens with one attached hydrogen (secondary N) is 1. The van der Waals surface area contributed by atoms with Gasteiger partial charge in [0.2, 0.25) is 5.91 Å². The fourth-order valence-electron chi connectivity index (χ4n) is 3.27. The molecule has 0 atom stereocenters. The number of para-hydroxylation sites is 1. The van der Waals surface area contributed by atoms with Gasteiger partial charge in [-0.25, -0.2) is 13.8 Å². The predicted molar refractivity (Wildman–Crippen MR) is 104 cm³/mol. The second-order valence-corrected chi connectivity index (χ2v) is 7.90. The minimum absolute atomic E-state index is 0.239. The number of ether oxygens (including phenoxy) is 1. The number of amides is 1. The quantitative estimate of drug-likeness (QED) is 0.653. The van der Waals surface area contributed by atoms with Crippen molar-refractivity contribution in [3.8, 4) is 5.75 Å². The average Bonchev–Trinajstić information content (AvgIpc) is 3.40. The monoisotopic (exact) mass is 400 g/mol. The van der Waals surface area contributed by atoms with Gasteiger partial charge in [0.05, 0.1) is 12.5 Å². The molecule has 1 heterocycles. The molecule has 0 radical (unpaired) electrons. The Bertz CT molecular complexity index is 1030. The van der Waals surface area contributed by atoms with E-state index in [1.807, 2.05) is 24.3 Å². The van der Waals surface area contributed by atoms with Gasteiger partial charge in [-0.2, -0.15) is 0 Å². The maximum absolute atomic E-state index is 13.6. The Morgan fingerprint density at radius 1 is 1.21 bits per heavy atom. The molecule has 4 nitrogen and oxygen atoms in total. The van der Waals surface area contributed by atoms with Crippen molar-refractivity contribution >= 4 is 22.4 Å². The lowest BCUT2D eigenvalue weighted by Gasteiger charge is -2.14. The molecule has 0 aliphatic heterocycles. The zero-order valence-electron chi connectivity index (χ0n) is 15.2. The first-order valence-electron chi connectivity index (χ1n) is 8.85. The highest BCUT2D eigenvalue weighted by molar-refractivity contribution is 7.15. The highest BCUT2D eigenvalue weighted by Gasteiger charge is 2.51. The van der Waals surface area contributed by atoms with E-state index in [0.29, 0.717) is 30.0 Å². The number of anilines is 1. The van der Waals surface area contributed by atoms with Crippen LogP contribution in [0.2, 0.25) is 0 Å². The van der Waals surface area contributed by atoms with E-state index in [-0.39, 0.29) is 5.91 Å². The number of halogens is 2. The Balaban J connectivity index is 1.48. The molecule has 1 fully saturated rings. The molecular formula is C21H18F2N2O2S. The van der Waals surface area contributed by atoms with Crippen LogP contribution in [0.4, 0.5) is 13.9 Å². The summed E-state index contributed by atoms with van der Waals surface area (Å²) in [4.78, 5) is 18.1. The van der Waals surface area contributed by atoms with Crippen molar-refractivity contribution < 1.29 is 18.3 Å². The smallest absolute Gasteiger partial charge is 0.236 e. The summed E-state index contributed by atoms with van der Waals surface area (Å²) in [6.07, 6.45) is 3.57. The second-order valence-electron chi connectivity index (χ2n) is 6.79. The second kappa shape index (κ2) is 7.31. The van der Waals surface area contributed by atoms with Gasteiger partial charge >= 0.3 is 0 Å². The SMILES string of the molecule is COc1ccccc1Cc1cnc(NC(=O)C2(c3ccc(F)c(F)c3)CC2)s1. The number of carbonyl (C=O) groups excluding carboxylic acids is 1. The Morgan fingerprint density at radius 3 is 2.71 bits per heavy atom. The van der Waals surface area contributed by atoms with Crippen molar-refractivity contribution in [1.82, 2.24) is 4.98 Å². The van der Waals surface area contributed by atoms with Crippen LogP contribution in [-0.2, 0) is 16.6 Å². The molecule has 0 saturated heterocycles. The van der Waals surface area contributed by atoms with Crippen LogP contribution in [0.1, 0.15) is 28.8 Å². The van der Waals surface area contributed by atoms with E-state index in [4.69, 9.17) is 4.74 Å². The van der Waals surface area contributed by atoms with E-state index >= 15 is 0 Å². The standard InChI is InChI=1S/C21H18F2N2O2S/c1-27-18-5-3-2-4-13(18)10-15-12-24-20(28-15)25-19(26)21(8-9-21)14-6-7-16(22)17(23)11-14/h2-7,11-12H,8-10H2,1H3,(H,24,25,26). The number of benzene rings is 2. The summed E-state index contributed by atoms with van der Waals surface area (Å²) in [7, 11) is 1.63. The Hall–Kier alpha value is -2.80. The molecule has 2 aromatic carbocycles. The molecule has 1 N–H and O–H groups in total. The largest absolute Gasteiger partial charge is 0.496 e. The van der Waals surface area contributed by atoms with Gasteiger partial charge in [-0.15, -0.1) is 11.3 Å². The number of nitrogens with zero attached hydrogens (tertiary/aromatic N) is 1. The van der Waals surface area contributed by atoms with Crippen LogP contribution < -0.4 is 10.1 Å². The molecule has 4 rings (SSSR count). The molecule has 1 aliphatic rings. The van der Waals surface area contributed by atoms with Crippen LogP contribution in [0.15, 0.2) is 48.7 Å². The number of methoxy groups -OCH3 is 1. The van der Waals surface area contributed by atoms with E-state index in [2.05, 4.69) is 10.3 Å². The molecule has 144 valence electrons. The zero-order valence-corrected chi connectivity index (χ0v) is 16.0. The number of hydrogen-bond acceptors (Lipinski definition) is 4. The molecule has 0 spiro atoms. The summed E-state index contributed by atoms with van der Waals surface area (Å²) in [6.45, 7) is 0. The van der Waals surface area contributed by atoms with E-state index in [1.165, 1.54) is 17.4 Å². The molecule has 1 saturated carbocycles. The number of rotatable bonds is 6. The summed E-state index contributed by atoms with van der Waals surface area (Å²) in [5.74, 6) is -1.29. The molecule has 1 aliphatic carbocycles. The fraction of sp³-hybridized carbons (Fsp3) is 0.238. The summed E-state index contributed by atoms with van der Waals surface area (Å²) in [5.41, 5.74) is 0.727. The van der Waals surface area contributed by atoms with Crippen LogP contribution in [-0.4, -0.2) is 18.0 Å². The normalized spacial score (nSPS) is 14.5. The molecule has 7 heteroatoms. The van der Waals surface area contributed by atoms with Crippen molar-refractivity contribution in [2.75, 3.05) is 12.4 Å². The zero-order chi connectivity index (χ0) is 19.7. The fourth-order valence-corrected chi connectivity index (χ4v) is 4.10. The highest BCUT2D eigenvalue weighted by Crippen LogP contribution is 2.49. The lowest BCUT2D eigenvalue weighted by molar-refractivity contribution is -0.118. The maximum Gasteiger partial charge on any atom is 0.236 e. The molecular weight excluding hydrogens is 382 g/mol. The van der Waals surface area contributed by atoms with Crippen LogP contribution in [0.3, 0.4) is 0 Å². The predicted octanol–water partition coefficient (Wildman–Crippen LogP) is 4.69. The van der Waals surface area contributed by atoms with E-state index in [1.54, 1.807) is 13.3 Å². The highest BCUT2D eigenvalue weighted by atomic mass is 32.1. The van der Waals surface area contributed by atoms with Crippen LogP contribution in [0.5, 0.6) is 5.75 Å². The average molecular weight is 400 g/mol. The van der Waals surface area contributed by atoms with Crippen molar-refractivity contribution in [2.24, 2.45) is 0 Å². The minimum atomic E-state index is -0.940. The van der Waals surface area contributed by atoms with Gasteiger partial charge in [-0.1, -0.05) is 24.3 Å². The van der Waals surface area contributed by atoms with Crippen LogP contribution >= 0.6 is 11.3 Å². The minimum Gasteiger partial charge on any atom is -0.496 e. The maximum atomic E-state index is 13.6. The third-order valence-electron chi connectivity index (χ3n) is 4.99. The molecule has 1 aromatic heterocycles. The Morgan fingerprint density at radius 2 is 2.00 bits per heavy atom. The van der Waals surface area contributed by atoms with E-state index in [9.17, 15) is 13.6 Å². The summed E-state index contributed by atoms with van der Waals surface area (Å²) in [5, 5.41) is 3.32. The van der Waals surface area contributed by atoms with Gasteiger partial charge in [0.1, 0.15) is 5.75 Å². The van der Waals surface area contributed by atoms with Crippen molar-refractivity contribution in [3.05, 3.63) is 76.3 Å². The van der Waals surface area contributed by atoms with Crippen molar-refractivity contribution in [3.63, 3.8) is 0 Å². The van der Waals surface area contributed by atoms with E-state index < -0.39 is 17.0 Å². The first-order chi connectivity index (χ1) is 13.5. The third kappa shape index (κ3) is 3.49. The molecule has 28 heavy (non-hydrogen) atoms. The van der Waals surface area contributed by atoms with Gasteiger partial charge in [0, 0.05) is 17.5 Å². The molecule has 0 bridgehead atoms. The topological polar surface area (TPSA) is 51.2 Å². The number of aromatic nitrogens is 1. The van der Waals surface area contributed by atoms with Gasteiger partial charge in [0.25, 0.3) is 0 Å². The summed E-state index contributed by atoms with van der Waals surface area (Å²) >= 11 is 1.39. The van der Waals surface area contributed by atoms with Gasteiger partial charge < -0.3 is 10.1 Å². The molecule has 1 amide bonds. The van der Waals surface area contributed by atoms with Crippen LogP contribution in [0.25, 0.3) is 0 Å². The number of thiazole rings is 1. The summed E-state index contributed by atoms with van der Waals surface area (Å²) in [6, 6.07) is 11.4. The Kier molecular flexibility index (Phi) is 4.85. The lowest BCUT2D eigenvalue weighted by atomic mass is 9.95. The van der Waals surface area contributed by atoms with Crippen molar-refractivity contribution in [1.29, 1.82) is 0 Å². The summed E-state index contributed by atoms with van der Waals surface area (Å²) < 4.78 is 32.1. The first kappa shape index (κ1) is 18.6. The number of hydrogen-bond donors (Lipinski definition) is 1. The van der Waals surface area contributed by atoms with Gasteiger partial charge in [-0.3, -0.25) is 4.79 Å². The van der Waals surface area contributed by atoms with Crippen LogP contribution in [0, 0.1) is 11.6 Å². The number of carbonyl (C=O) groups is 1. The third-order valence-corrected chi connectivity index (χ3v) is 5.90. The van der Waals surface area contributed by atoms with Gasteiger partial charge in [0.15, 0.2) is 16.8 Å². The molecule has 3 aromatic rings. The first-order valence-corrected chi connectivity index (χ1v) is 9.67. The van der Waals surface area contributed by atoms with E-state index in [0.717, 1.165) is 28.3 Å². The molecule has 0 unspecified atom stereocenters. The van der Waals surface area contributed by atoms with Crippen molar-refractivity contribution in [2.45, 2.75) is 24.7 Å².